The van der Waals surface area contributed by atoms with Crippen molar-refractivity contribution in [2.75, 3.05) is 32.8 Å². The van der Waals surface area contributed by atoms with Gasteiger partial charge in [0.2, 0.25) is 5.91 Å². The van der Waals surface area contributed by atoms with Crippen molar-refractivity contribution in [3.63, 3.8) is 0 Å². The van der Waals surface area contributed by atoms with Gasteiger partial charge >= 0.3 is 0 Å². The second-order valence-electron chi connectivity index (χ2n) is 10.2. The predicted molar refractivity (Wildman–Crippen MR) is 142 cm³/mol. The van der Waals surface area contributed by atoms with Crippen LogP contribution in [0, 0.1) is 5.92 Å². The maximum Gasteiger partial charge on any atom is 0.224 e. The minimum Gasteiger partial charge on any atom is -0.479 e. The third kappa shape index (κ3) is 6.07. The maximum absolute atomic E-state index is 12.9. The molecule has 5 heteroatoms. The first-order valence-electron chi connectivity index (χ1n) is 13.5. The zero-order chi connectivity index (χ0) is 23.9. The van der Waals surface area contributed by atoms with E-state index < -0.39 is 0 Å². The van der Waals surface area contributed by atoms with Gasteiger partial charge in [-0.25, -0.2) is 0 Å². The van der Waals surface area contributed by atoms with Gasteiger partial charge in [0.15, 0.2) is 5.88 Å². The van der Waals surface area contributed by atoms with Gasteiger partial charge in [-0.2, -0.15) is 0 Å². The van der Waals surface area contributed by atoms with Gasteiger partial charge in [0.1, 0.15) is 0 Å². The highest BCUT2D eigenvalue weighted by atomic mass is 16.5. The molecule has 2 aliphatic rings. The highest BCUT2D eigenvalue weighted by Gasteiger charge is 2.24. The van der Waals surface area contributed by atoms with Crippen LogP contribution in [0.3, 0.4) is 0 Å². The molecule has 5 nitrogen and oxygen atoms in total. The molecule has 3 heterocycles. The summed E-state index contributed by atoms with van der Waals surface area (Å²) in [4.78, 5) is 15.5. The summed E-state index contributed by atoms with van der Waals surface area (Å²) in [5.74, 6) is 1.59. The van der Waals surface area contributed by atoms with E-state index in [1.807, 2.05) is 6.07 Å². The van der Waals surface area contributed by atoms with Crippen LogP contribution in [0.25, 0.3) is 10.9 Å². The van der Waals surface area contributed by atoms with E-state index in [1.54, 1.807) is 0 Å². The van der Waals surface area contributed by atoms with Crippen LogP contribution in [0.2, 0.25) is 0 Å². The van der Waals surface area contributed by atoms with E-state index in [9.17, 15) is 4.79 Å². The van der Waals surface area contributed by atoms with Gasteiger partial charge in [0.25, 0.3) is 0 Å². The summed E-state index contributed by atoms with van der Waals surface area (Å²) >= 11 is 0. The number of nitrogens with zero attached hydrogens (tertiary/aromatic N) is 2. The van der Waals surface area contributed by atoms with Crippen molar-refractivity contribution in [1.82, 2.24) is 14.8 Å². The quantitative estimate of drug-likeness (QED) is 0.411. The fourth-order valence-electron chi connectivity index (χ4n) is 5.68. The Kier molecular flexibility index (Phi) is 8.04. The smallest absolute Gasteiger partial charge is 0.224 e. The Morgan fingerprint density at radius 3 is 2.60 bits per heavy atom. The van der Waals surface area contributed by atoms with Gasteiger partial charge in [-0.05, 0) is 75.7 Å². The highest BCUT2D eigenvalue weighted by Crippen LogP contribution is 2.35. The number of amides is 1. The number of hydrogen-bond acceptors (Lipinski definition) is 3. The fraction of sp³-hybridized carbons (Fsp3) is 0.500. The molecule has 0 atom stereocenters. The van der Waals surface area contributed by atoms with E-state index in [4.69, 9.17) is 4.74 Å². The lowest BCUT2D eigenvalue weighted by Gasteiger charge is -2.32. The SMILES string of the molecule is O=C(Cc1c2n(c3ccccc13)CCCO2)NCC1CCN(CCCCCc2ccccc2)CC1. The summed E-state index contributed by atoms with van der Waals surface area (Å²) < 4.78 is 8.23. The molecule has 1 amide bonds. The van der Waals surface area contributed by atoms with Crippen LogP contribution in [0.15, 0.2) is 54.6 Å². The number of unbranched alkanes of at least 4 members (excludes halogenated alkanes) is 2. The first kappa shape index (κ1) is 23.9. The van der Waals surface area contributed by atoms with Crippen LogP contribution in [-0.4, -0.2) is 48.2 Å². The molecule has 0 radical (unpaired) electrons. The summed E-state index contributed by atoms with van der Waals surface area (Å²) in [5, 5.41) is 4.38. The molecule has 1 N–H and O–H groups in total. The summed E-state index contributed by atoms with van der Waals surface area (Å²) in [6, 6.07) is 19.2. The number of hydrogen-bond donors (Lipinski definition) is 1. The molecule has 0 spiro atoms. The molecule has 2 aromatic carbocycles. The molecule has 0 bridgehead atoms. The van der Waals surface area contributed by atoms with E-state index in [0.717, 1.165) is 56.0 Å². The van der Waals surface area contributed by atoms with Crippen molar-refractivity contribution in [3.05, 3.63) is 65.7 Å². The summed E-state index contributed by atoms with van der Waals surface area (Å²) in [5.41, 5.74) is 3.67. The molecule has 3 aromatic rings. The lowest BCUT2D eigenvalue weighted by atomic mass is 9.96. The zero-order valence-corrected chi connectivity index (χ0v) is 20.9. The van der Waals surface area contributed by atoms with Crippen LogP contribution in [-0.2, 0) is 24.2 Å². The molecule has 1 saturated heterocycles. The standard InChI is InChI=1S/C30H39N3O2/c34-29(22-27-26-13-6-7-14-28(26)33-18-9-21-35-30(27)33)31-23-25-15-19-32(20-16-25)17-8-2-5-12-24-10-3-1-4-11-24/h1,3-4,6-7,10-11,13-14,25H,2,5,8-9,12,15-23H2,(H,31,34). The number of aryl methyl sites for hydroxylation is 2. The molecular formula is C30H39N3O2. The number of likely N-dealkylation sites (tertiary alicyclic amines) is 1. The molecule has 1 aromatic heterocycles. The molecule has 35 heavy (non-hydrogen) atoms. The highest BCUT2D eigenvalue weighted by molar-refractivity contribution is 5.92. The number of rotatable bonds is 10. The van der Waals surface area contributed by atoms with E-state index in [2.05, 4.69) is 63.3 Å². The Hall–Kier alpha value is -2.79. The zero-order valence-electron chi connectivity index (χ0n) is 20.9. The number of carbonyl (C=O) groups excluding carboxylic acids is 1. The topological polar surface area (TPSA) is 46.5 Å². The Labute approximate surface area is 209 Å². The fourth-order valence-corrected chi connectivity index (χ4v) is 5.68. The van der Waals surface area contributed by atoms with Gasteiger partial charge in [0, 0.05) is 24.0 Å². The van der Waals surface area contributed by atoms with Gasteiger partial charge in [-0.1, -0.05) is 55.0 Å². The Balaban J connectivity index is 1.02. The molecule has 0 saturated carbocycles. The lowest BCUT2D eigenvalue weighted by Crippen LogP contribution is -2.39. The third-order valence-electron chi connectivity index (χ3n) is 7.70. The maximum atomic E-state index is 12.9. The monoisotopic (exact) mass is 473 g/mol. The van der Waals surface area contributed by atoms with Crippen LogP contribution in [0.1, 0.15) is 49.7 Å². The minimum absolute atomic E-state index is 0.110. The Bertz CT molecular complexity index is 1100. The molecular weight excluding hydrogens is 434 g/mol. The van der Waals surface area contributed by atoms with Gasteiger partial charge in [-0.15, -0.1) is 0 Å². The van der Waals surface area contributed by atoms with Crippen molar-refractivity contribution in [1.29, 1.82) is 0 Å². The normalized spacial score (nSPS) is 16.7. The van der Waals surface area contributed by atoms with Crippen LogP contribution >= 0.6 is 0 Å². The average molecular weight is 474 g/mol. The Morgan fingerprint density at radius 2 is 1.74 bits per heavy atom. The number of ether oxygens (including phenoxy) is 1. The largest absolute Gasteiger partial charge is 0.479 e. The summed E-state index contributed by atoms with van der Waals surface area (Å²) in [6.07, 6.45) is 8.82. The number of para-hydroxylation sites is 1. The van der Waals surface area contributed by atoms with Gasteiger partial charge < -0.3 is 19.5 Å². The molecule has 0 aliphatic carbocycles. The predicted octanol–water partition coefficient (Wildman–Crippen LogP) is 5.21. The first-order chi connectivity index (χ1) is 17.3. The number of aromatic nitrogens is 1. The molecule has 186 valence electrons. The second-order valence-corrected chi connectivity index (χ2v) is 10.2. The first-order valence-corrected chi connectivity index (χ1v) is 13.5. The van der Waals surface area contributed by atoms with E-state index in [0.29, 0.717) is 12.3 Å². The summed E-state index contributed by atoms with van der Waals surface area (Å²) in [7, 11) is 0. The van der Waals surface area contributed by atoms with Gasteiger partial charge in [0.05, 0.1) is 18.5 Å². The van der Waals surface area contributed by atoms with Crippen LogP contribution in [0.5, 0.6) is 5.88 Å². The van der Waals surface area contributed by atoms with Crippen molar-refractivity contribution in [2.45, 2.75) is 57.9 Å². The van der Waals surface area contributed by atoms with Crippen LogP contribution in [0.4, 0.5) is 0 Å². The molecule has 1 fully saturated rings. The summed E-state index contributed by atoms with van der Waals surface area (Å²) in [6.45, 7) is 6.01. The lowest BCUT2D eigenvalue weighted by molar-refractivity contribution is -0.120. The van der Waals surface area contributed by atoms with E-state index in [-0.39, 0.29) is 5.91 Å². The van der Waals surface area contributed by atoms with Crippen LogP contribution < -0.4 is 10.1 Å². The number of benzene rings is 2. The van der Waals surface area contributed by atoms with Gasteiger partial charge in [-0.3, -0.25) is 4.79 Å². The Morgan fingerprint density at radius 1 is 0.943 bits per heavy atom. The van der Waals surface area contributed by atoms with Crippen molar-refractivity contribution in [2.24, 2.45) is 5.92 Å². The van der Waals surface area contributed by atoms with E-state index >= 15 is 0 Å². The second kappa shape index (κ2) is 11.8. The van der Waals surface area contributed by atoms with Crippen molar-refractivity contribution < 1.29 is 9.53 Å². The molecule has 2 aliphatic heterocycles. The number of fused-ring (bicyclic) bond motifs is 3. The van der Waals surface area contributed by atoms with Crippen molar-refractivity contribution >= 4 is 16.8 Å². The average Bonchev–Trinajstić information content (AvgIpc) is 3.22. The minimum atomic E-state index is 0.110. The number of nitrogens with one attached hydrogen (secondary N) is 1. The third-order valence-corrected chi connectivity index (χ3v) is 7.70. The number of piperidine rings is 1. The van der Waals surface area contributed by atoms with E-state index in [1.165, 1.54) is 56.1 Å². The molecule has 5 rings (SSSR count). The molecule has 0 unspecified atom stereocenters. The van der Waals surface area contributed by atoms with Crippen molar-refractivity contribution in [3.8, 4) is 5.88 Å². The number of carbonyl (C=O) groups is 1.